The minimum atomic E-state index is -6.00. The molecule has 9 rings (SSSR count). The third-order valence-corrected chi connectivity index (χ3v) is 25.0. The van der Waals surface area contributed by atoms with Gasteiger partial charge in [0.1, 0.15) is 0.958 Å². The Morgan fingerprint density at radius 3 is 0.695 bits per heavy atom. The summed E-state index contributed by atoms with van der Waals surface area (Å²) in [6.07, 6.45) is -2.44. The van der Waals surface area contributed by atoms with Crippen molar-refractivity contribution < 1.29 is 185 Å². The molecule has 9 aromatic carbocycles. The van der Waals surface area contributed by atoms with E-state index in [2.05, 4.69) is 351 Å². The largest absolute Gasteiger partial charge is 1.00 e. The van der Waals surface area contributed by atoms with Gasteiger partial charge in [-0.15, -0.1) is 16.8 Å². The second-order valence-electron chi connectivity index (χ2n) is 26.2. The van der Waals surface area contributed by atoms with Crippen LogP contribution in [0.1, 0.15) is 86.0 Å². The standard InChI is InChI=1S/3C18H15S.C16H22F2N4O7S.C15H19F2N4O7S.CH2F2O3S.CH4O.2BrH.2Na.HPS/c3*1-4-10-16(11-5-1)19(17-12-6-2-7-13-17)18-14-8-3-9-15-18;1-4-28-12(23)5-7-14(2,9-19)21-22-15(3,10-20)8-6-13(24)29-11-16(17,18)30(25,26)27;1-13(8-18,6-4-11(22)27-3)20-21-14(2,9-19)7-5-12(23)28-10-15(16,17)29(24,25)26;2-1(3)7(4,5)6;1-2;;;;;1-2/h3*1-15H;4-8,11H2,1-3H3,(H,25,26,27);3-7,10H2,1-2H3,(H,24,25,26);(H2,4,5,6);2H,1H3;2*1H;;;1H/q3*+1;;-1;;;;;2*+1;/p-4/i/hT. The number of esters is 4. The first kappa shape index (κ1) is 125. The van der Waals surface area contributed by atoms with Gasteiger partial charge in [-0.2, -0.15) is 75.0 Å². The van der Waals surface area contributed by atoms with E-state index in [1.54, 1.807) is 19.1 Å². The van der Waals surface area contributed by atoms with E-state index in [9.17, 15) is 92.5 Å². The maximum atomic E-state index is 13.0. The van der Waals surface area contributed by atoms with Crippen LogP contribution in [0.15, 0.2) is 338 Å². The number of alkyl halides is 4. The van der Waals surface area contributed by atoms with E-state index in [4.69, 9.17) is 24.1 Å². The molecule has 5 atom stereocenters. The Balaban J connectivity index is -0.00000153. The van der Waals surface area contributed by atoms with Gasteiger partial charge in [-0.1, -0.05) is 176 Å². The smallest absolute Gasteiger partial charge is 1.00 e. The number of aliphatic hydroxyl groups excluding tert-OH is 1. The van der Waals surface area contributed by atoms with Gasteiger partial charge in [0.05, 0.1) is 73.7 Å². The summed E-state index contributed by atoms with van der Waals surface area (Å²) in [5.74, 6) is -3.83. The molecule has 0 saturated heterocycles. The quantitative estimate of drug-likeness (QED) is 0.00338. The number of hydrogen-bond donors (Lipinski definition) is 2. The van der Waals surface area contributed by atoms with Crippen LogP contribution in [0, 0.1) is 52.4 Å². The van der Waals surface area contributed by atoms with E-state index in [1.165, 1.54) is 71.8 Å². The molecule has 692 valence electrons. The van der Waals surface area contributed by atoms with Gasteiger partial charge in [0.25, 0.3) is 5.97 Å². The molecule has 44 heteroatoms. The fourth-order valence-electron chi connectivity index (χ4n) is 9.49. The first-order valence-corrected chi connectivity index (χ1v) is 46.7. The molecule has 2 N–H and O–H groups in total. The number of benzene rings is 9. The van der Waals surface area contributed by atoms with Crippen LogP contribution in [-0.4, -0.2) is 134 Å². The van der Waals surface area contributed by atoms with Crippen LogP contribution in [0.25, 0.3) is 0 Å². The van der Waals surface area contributed by atoms with Crippen LogP contribution >= 0.6 is 24.9 Å². The summed E-state index contributed by atoms with van der Waals surface area (Å²) in [5, 5.41) is 46.4. The predicted octanol–water partition coefficient (Wildman–Crippen LogP) is 9.42. The molecule has 5 unspecified atom stereocenters. The minimum Gasteiger partial charge on any atom is -1.00 e. The van der Waals surface area contributed by atoms with Gasteiger partial charge in [-0.25, -0.2) is 21.0 Å². The molecule has 0 spiro atoms. The number of nitriles is 4. The Morgan fingerprint density at radius 2 is 0.565 bits per heavy atom. The molecule has 0 aliphatic rings. The number of carbonyl (C=O) groups is 4. The summed E-state index contributed by atoms with van der Waals surface area (Å²) >= 11 is 6.08. The van der Waals surface area contributed by atoms with Crippen molar-refractivity contribution in [2.24, 2.45) is 20.5 Å². The zero-order valence-electron chi connectivity index (χ0n) is 72.9. The van der Waals surface area contributed by atoms with E-state index in [-0.39, 0.29) is 154 Å². The fourth-order valence-corrected chi connectivity index (χ4v) is 16.2. The Hall–Kier alpha value is -8.15. The van der Waals surface area contributed by atoms with Crippen LogP contribution in [0.5, 0.6) is 0 Å². The van der Waals surface area contributed by atoms with Crippen LogP contribution in [0.3, 0.4) is 0 Å². The fraction of sp³-hybridized carbons (Fsp3) is 0.264. The van der Waals surface area contributed by atoms with Gasteiger partial charge in [0.15, 0.2) is 99.7 Å². The molecule has 0 aliphatic heterocycles. The van der Waals surface area contributed by atoms with Crippen LogP contribution < -0.4 is 76.1 Å². The minimum absolute atomic E-state index is 0. The topological polar surface area (TPSA) is 445 Å². The van der Waals surface area contributed by atoms with Gasteiger partial charge < -0.3 is 59.2 Å². The molecular formula is C87H91Br2F6N8Na2O18PS7. The average Bonchev–Trinajstić information content (AvgIpc) is 0.818. The Bertz CT molecular complexity index is 4930. The Labute approximate surface area is 842 Å². The number of hydrogen-bond acceptors (Lipinski definition) is 26. The van der Waals surface area contributed by atoms with Gasteiger partial charge in [-0.3, -0.25) is 19.2 Å². The van der Waals surface area contributed by atoms with Crippen molar-refractivity contribution >= 4 is 129 Å². The van der Waals surface area contributed by atoms with Crippen molar-refractivity contribution in [3.8, 4) is 24.3 Å². The molecule has 0 saturated carbocycles. The van der Waals surface area contributed by atoms with Gasteiger partial charge in [-0.05, 0) is 178 Å². The van der Waals surface area contributed by atoms with Crippen LogP contribution in [-0.2, 0) is 113 Å². The summed E-state index contributed by atoms with van der Waals surface area (Å²) in [6, 6.07) is 104. The van der Waals surface area contributed by atoms with Gasteiger partial charge in [0.2, 0.25) is 0 Å². The summed E-state index contributed by atoms with van der Waals surface area (Å²) in [6.45, 7) is 3.06. The molecule has 131 heavy (non-hydrogen) atoms. The van der Waals surface area contributed by atoms with Gasteiger partial charge in [0, 0.05) is 32.8 Å². The molecule has 0 aliphatic carbocycles. The zero-order chi connectivity index (χ0) is 97.4. The van der Waals surface area contributed by atoms with Crippen molar-refractivity contribution in [3.05, 3.63) is 280 Å². The SMILES string of the molecule is CCOC(=O)CCC(C)(C#N)N=NC(C)(C#N)CCC(=O)OCC(F)(F)S(=O)(=O)[O-].CO.O=S([O-])(O)=C(F)F.P=S.[3H]Br.[Br-].[CH2-]OC(=O)CCC(C)(C#N)N=NC(C)(C#N)CCC(=O)OCC(F)(F)S(=O)(=O)[O-].[Na+].[Na+].c1ccc([S+](c2ccccc2)c2ccccc2)cc1.c1ccc([S+](c2ccccc2)c2ccccc2)cc1.c1ccc([S+](c2ccccc2)c2ccccc2)cc1. The van der Waals surface area contributed by atoms with E-state index < -0.39 is 118 Å². The van der Waals surface area contributed by atoms with Gasteiger partial charge >= 0.3 is 92.9 Å². The average molecular weight is 2110 g/mol. The van der Waals surface area contributed by atoms with Crippen molar-refractivity contribution in [2.45, 2.75) is 163 Å². The molecule has 0 amide bonds. The number of carbonyl (C=O) groups excluding carboxylic acids is 4. The number of halogens is 8. The maximum Gasteiger partial charge on any atom is 1.00 e. The van der Waals surface area contributed by atoms with E-state index in [0.717, 1.165) is 7.11 Å². The van der Waals surface area contributed by atoms with Crippen molar-refractivity contribution in [2.75, 3.05) is 26.9 Å². The summed E-state index contributed by atoms with van der Waals surface area (Å²) in [7, 11) is -10.7. The van der Waals surface area contributed by atoms with Crippen molar-refractivity contribution in [1.29, 1.82) is 22.0 Å². The summed E-state index contributed by atoms with van der Waals surface area (Å²) in [4.78, 5) is 57.8. The zero-order valence-corrected chi connectivity index (χ0v) is 85.7. The number of azo groups is 2. The Kier molecular flexibility index (Phi) is 62.4. The van der Waals surface area contributed by atoms with Crippen molar-refractivity contribution in [3.63, 3.8) is 0 Å². The van der Waals surface area contributed by atoms with E-state index in [1.807, 2.05) is 12.1 Å². The molecule has 0 fully saturated rings. The molecule has 0 radical (unpaired) electrons. The number of aliphatic hydroxyl groups is 1. The molecule has 9 aromatic rings. The number of rotatable bonds is 32. The third kappa shape index (κ3) is 48.1. The third-order valence-electron chi connectivity index (χ3n) is 16.2. The molecule has 0 aromatic heterocycles. The maximum absolute atomic E-state index is 13.0. The molecule has 0 bridgehead atoms. The second kappa shape index (κ2) is 65.5. The first-order chi connectivity index (χ1) is 61.1. The number of ether oxygens (including phenoxy) is 4. The summed E-state index contributed by atoms with van der Waals surface area (Å²) < 4.78 is 183. The Morgan fingerprint density at radius 1 is 0.412 bits per heavy atom. The van der Waals surface area contributed by atoms with Crippen LogP contribution in [0.2, 0.25) is 0 Å². The molecular weight excluding hydrogens is 2020 g/mol. The van der Waals surface area contributed by atoms with Crippen LogP contribution in [0.4, 0.5) is 26.3 Å². The van der Waals surface area contributed by atoms with E-state index >= 15 is 0 Å². The monoisotopic (exact) mass is 2110 g/mol. The predicted molar refractivity (Wildman–Crippen MR) is 479 cm³/mol. The first-order valence-electron chi connectivity index (χ1n) is 37.5. The second-order valence-corrected chi connectivity index (χ2v) is 36.6. The molecule has 26 nitrogen and oxygen atoms in total. The van der Waals surface area contributed by atoms with E-state index in [0.29, 0.717) is 0 Å². The molecule has 0 heterocycles. The van der Waals surface area contributed by atoms with Crippen molar-refractivity contribution in [1.82, 2.24) is 0 Å². The summed E-state index contributed by atoms with van der Waals surface area (Å²) in [5.41, 5.74) is -6.25. The number of nitrogens with zero attached hydrogens (tertiary/aromatic N) is 8. The normalized spacial score (nSPS) is 12.9.